The third kappa shape index (κ3) is 3.52. The number of para-hydroxylation sites is 2. The van der Waals surface area contributed by atoms with Crippen LogP contribution in [0.3, 0.4) is 0 Å². The second kappa shape index (κ2) is 7.40. The van der Waals surface area contributed by atoms with Crippen LogP contribution in [0.15, 0.2) is 66.7 Å². The topological polar surface area (TPSA) is 67.0 Å². The highest BCUT2D eigenvalue weighted by Gasteiger charge is 2.14. The van der Waals surface area contributed by atoms with Crippen LogP contribution in [0.2, 0.25) is 0 Å². The highest BCUT2D eigenvalue weighted by molar-refractivity contribution is 14.1. The number of hydrogen-bond donors (Lipinski definition) is 2. The van der Waals surface area contributed by atoms with E-state index < -0.39 is 0 Å². The lowest BCUT2D eigenvalue weighted by Crippen LogP contribution is -2.14. The quantitative estimate of drug-likeness (QED) is 0.409. The van der Waals surface area contributed by atoms with E-state index in [4.69, 9.17) is 4.74 Å². The second-order valence-corrected chi connectivity index (χ2v) is 7.11. The number of rotatable bonds is 4. The van der Waals surface area contributed by atoms with Crippen LogP contribution in [0, 0.1) is 3.57 Å². The normalized spacial score (nSPS) is 10.7. The van der Waals surface area contributed by atoms with Crippen molar-refractivity contribution in [3.8, 4) is 17.1 Å². The predicted molar refractivity (Wildman–Crippen MR) is 115 cm³/mol. The Morgan fingerprint density at radius 2 is 1.85 bits per heavy atom. The van der Waals surface area contributed by atoms with Gasteiger partial charge in [0.2, 0.25) is 0 Å². The SMILES string of the molecule is COc1ccc(-c2nc3ccccc3[nH]2)cc1NC(=O)c1ccccc1I. The Bertz CT molecular complexity index is 1100. The fourth-order valence-corrected chi connectivity index (χ4v) is 3.51. The number of ether oxygens (including phenoxy) is 1. The molecule has 0 aliphatic rings. The standard InChI is InChI=1S/C21H16IN3O2/c1-27-19-11-10-13(20-23-16-8-4-5-9-17(16)24-20)12-18(19)25-21(26)14-6-2-3-7-15(14)22/h2-12H,1H3,(H,23,24)(H,25,26). The number of nitrogens with zero attached hydrogens (tertiary/aromatic N) is 1. The minimum Gasteiger partial charge on any atom is -0.495 e. The number of aromatic amines is 1. The lowest BCUT2D eigenvalue weighted by molar-refractivity contribution is 0.102. The summed E-state index contributed by atoms with van der Waals surface area (Å²) in [5.74, 6) is 1.15. The van der Waals surface area contributed by atoms with Crippen LogP contribution in [0.5, 0.6) is 5.75 Å². The minimum atomic E-state index is -0.181. The third-order valence-electron chi connectivity index (χ3n) is 4.23. The molecule has 0 radical (unpaired) electrons. The average Bonchev–Trinajstić information content (AvgIpc) is 3.12. The summed E-state index contributed by atoms with van der Waals surface area (Å²) < 4.78 is 6.30. The van der Waals surface area contributed by atoms with Gasteiger partial charge in [-0.05, 0) is 65.1 Å². The molecule has 27 heavy (non-hydrogen) atoms. The van der Waals surface area contributed by atoms with E-state index in [0.717, 1.165) is 26.0 Å². The van der Waals surface area contributed by atoms with E-state index in [0.29, 0.717) is 17.0 Å². The van der Waals surface area contributed by atoms with Crippen molar-refractivity contribution < 1.29 is 9.53 Å². The van der Waals surface area contributed by atoms with Gasteiger partial charge in [-0.2, -0.15) is 0 Å². The zero-order chi connectivity index (χ0) is 18.8. The number of aromatic nitrogens is 2. The first kappa shape index (κ1) is 17.5. The molecule has 2 N–H and O–H groups in total. The van der Waals surface area contributed by atoms with Crippen molar-refractivity contribution in [2.24, 2.45) is 0 Å². The van der Waals surface area contributed by atoms with Crippen LogP contribution < -0.4 is 10.1 Å². The zero-order valence-electron chi connectivity index (χ0n) is 14.5. The molecule has 4 aromatic rings. The number of amides is 1. The van der Waals surface area contributed by atoms with E-state index in [-0.39, 0.29) is 5.91 Å². The number of nitrogens with one attached hydrogen (secondary N) is 2. The van der Waals surface area contributed by atoms with Crippen LogP contribution in [-0.2, 0) is 0 Å². The number of hydrogen-bond acceptors (Lipinski definition) is 3. The molecule has 0 saturated carbocycles. The highest BCUT2D eigenvalue weighted by atomic mass is 127. The first-order valence-corrected chi connectivity index (χ1v) is 9.42. The lowest BCUT2D eigenvalue weighted by atomic mass is 10.1. The Morgan fingerprint density at radius 3 is 2.63 bits per heavy atom. The van der Waals surface area contributed by atoms with Gasteiger partial charge >= 0.3 is 0 Å². The lowest BCUT2D eigenvalue weighted by Gasteiger charge is -2.12. The molecule has 1 amide bonds. The van der Waals surface area contributed by atoms with Gasteiger partial charge in [0.15, 0.2) is 0 Å². The van der Waals surface area contributed by atoms with Crippen molar-refractivity contribution in [1.29, 1.82) is 0 Å². The average molecular weight is 469 g/mol. The summed E-state index contributed by atoms with van der Waals surface area (Å²) in [4.78, 5) is 20.6. The van der Waals surface area contributed by atoms with Gasteiger partial charge in [0.05, 0.1) is 29.4 Å². The molecule has 0 unspecified atom stereocenters. The van der Waals surface area contributed by atoms with Crippen molar-refractivity contribution in [1.82, 2.24) is 9.97 Å². The Hall–Kier alpha value is -2.87. The summed E-state index contributed by atoms with van der Waals surface area (Å²) in [5.41, 5.74) is 3.94. The molecule has 0 aliphatic carbocycles. The number of imidazole rings is 1. The summed E-state index contributed by atoms with van der Waals surface area (Å²) in [6, 6.07) is 20.9. The number of carbonyl (C=O) groups excluding carboxylic acids is 1. The number of anilines is 1. The summed E-state index contributed by atoms with van der Waals surface area (Å²) in [6.07, 6.45) is 0. The van der Waals surface area contributed by atoms with Crippen LogP contribution in [0.25, 0.3) is 22.4 Å². The fraction of sp³-hybridized carbons (Fsp3) is 0.0476. The van der Waals surface area contributed by atoms with Gasteiger partial charge in [-0.25, -0.2) is 4.98 Å². The Kier molecular flexibility index (Phi) is 4.81. The van der Waals surface area contributed by atoms with E-state index in [9.17, 15) is 4.79 Å². The van der Waals surface area contributed by atoms with Crippen molar-refractivity contribution in [2.45, 2.75) is 0 Å². The maximum Gasteiger partial charge on any atom is 0.256 e. The molecule has 0 fully saturated rings. The first-order chi connectivity index (χ1) is 13.2. The Morgan fingerprint density at radius 1 is 1.07 bits per heavy atom. The molecule has 4 rings (SSSR count). The van der Waals surface area contributed by atoms with Crippen molar-refractivity contribution in [3.63, 3.8) is 0 Å². The van der Waals surface area contributed by atoms with E-state index in [1.807, 2.05) is 60.7 Å². The number of carbonyl (C=O) groups is 1. The zero-order valence-corrected chi connectivity index (χ0v) is 16.7. The minimum absolute atomic E-state index is 0.181. The molecule has 0 atom stereocenters. The maximum absolute atomic E-state index is 12.7. The van der Waals surface area contributed by atoms with Gasteiger partial charge in [0, 0.05) is 9.13 Å². The summed E-state index contributed by atoms with van der Waals surface area (Å²) in [7, 11) is 1.58. The maximum atomic E-state index is 12.7. The molecule has 134 valence electrons. The van der Waals surface area contributed by atoms with E-state index in [2.05, 4.69) is 37.9 Å². The molecule has 5 nitrogen and oxygen atoms in total. The molecule has 0 spiro atoms. The summed E-state index contributed by atoms with van der Waals surface area (Å²) in [6.45, 7) is 0. The van der Waals surface area contributed by atoms with Gasteiger partial charge in [-0.15, -0.1) is 0 Å². The number of methoxy groups -OCH3 is 1. The van der Waals surface area contributed by atoms with Gasteiger partial charge in [0.1, 0.15) is 11.6 Å². The highest BCUT2D eigenvalue weighted by Crippen LogP contribution is 2.31. The molecule has 0 saturated heterocycles. The molecular formula is C21H16IN3O2. The second-order valence-electron chi connectivity index (χ2n) is 5.95. The van der Waals surface area contributed by atoms with Gasteiger partial charge in [-0.1, -0.05) is 24.3 Å². The number of halogens is 1. The monoisotopic (exact) mass is 469 g/mol. The molecule has 1 heterocycles. The smallest absolute Gasteiger partial charge is 0.256 e. The summed E-state index contributed by atoms with van der Waals surface area (Å²) >= 11 is 2.15. The Labute approximate surface area is 169 Å². The van der Waals surface area contributed by atoms with Crippen LogP contribution in [0.4, 0.5) is 5.69 Å². The van der Waals surface area contributed by atoms with Crippen molar-refractivity contribution >= 4 is 45.2 Å². The number of benzene rings is 3. The van der Waals surface area contributed by atoms with Crippen LogP contribution in [0.1, 0.15) is 10.4 Å². The number of fused-ring (bicyclic) bond motifs is 1. The van der Waals surface area contributed by atoms with Gasteiger partial charge in [-0.3, -0.25) is 4.79 Å². The van der Waals surface area contributed by atoms with Gasteiger partial charge in [0.25, 0.3) is 5.91 Å². The van der Waals surface area contributed by atoms with Gasteiger partial charge < -0.3 is 15.0 Å². The van der Waals surface area contributed by atoms with Crippen LogP contribution in [-0.4, -0.2) is 23.0 Å². The molecular weight excluding hydrogens is 453 g/mol. The van der Waals surface area contributed by atoms with E-state index >= 15 is 0 Å². The summed E-state index contributed by atoms with van der Waals surface area (Å²) in [5, 5.41) is 2.95. The number of H-pyrrole nitrogens is 1. The molecule has 3 aromatic carbocycles. The first-order valence-electron chi connectivity index (χ1n) is 8.35. The Balaban J connectivity index is 1.70. The van der Waals surface area contributed by atoms with Crippen LogP contribution >= 0.6 is 22.6 Å². The molecule has 1 aromatic heterocycles. The van der Waals surface area contributed by atoms with E-state index in [1.54, 1.807) is 13.2 Å². The predicted octanol–water partition coefficient (Wildman–Crippen LogP) is 5.10. The fourth-order valence-electron chi connectivity index (χ4n) is 2.88. The van der Waals surface area contributed by atoms with Crippen molar-refractivity contribution in [3.05, 3.63) is 75.9 Å². The third-order valence-corrected chi connectivity index (χ3v) is 5.17. The molecule has 6 heteroatoms. The van der Waals surface area contributed by atoms with Crippen molar-refractivity contribution in [2.75, 3.05) is 12.4 Å². The van der Waals surface area contributed by atoms with E-state index in [1.165, 1.54) is 0 Å². The largest absolute Gasteiger partial charge is 0.495 e. The molecule has 0 bridgehead atoms. The molecule has 0 aliphatic heterocycles.